The number of amides is 1. The van der Waals surface area contributed by atoms with Gasteiger partial charge in [0.25, 0.3) is 0 Å². The normalized spacial score (nSPS) is 26.9. The van der Waals surface area contributed by atoms with Crippen LogP contribution < -0.4 is 5.32 Å². The molecular formula is C14H24F3NO2. The molecule has 0 bridgehead atoms. The summed E-state index contributed by atoms with van der Waals surface area (Å²) in [7, 11) is 0. The number of rotatable bonds is 5. The summed E-state index contributed by atoms with van der Waals surface area (Å²) in [5.41, 5.74) is -1.06. The summed E-state index contributed by atoms with van der Waals surface area (Å²) in [6, 6.07) is 0. The lowest BCUT2D eigenvalue weighted by atomic mass is 9.78. The van der Waals surface area contributed by atoms with E-state index in [-0.39, 0.29) is 19.4 Å². The van der Waals surface area contributed by atoms with E-state index in [1.807, 2.05) is 6.92 Å². The highest BCUT2D eigenvalue weighted by Gasteiger charge is 2.48. The van der Waals surface area contributed by atoms with Crippen molar-refractivity contribution in [2.24, 2.45) is 11.8 Å². The van der Waals surface area contributed by atoms with Crippen LogP contribution in [0.15, 0.2) is 0 Å². The van der Waals surface area contributed by atoms with Crippen molar-refractivity contribution < 1.29 is 23.1 Å². The standard InChI is InChI=1S/C14H24F3NO2/c1-3-8-13(2,20)9-18-12(19)10-6-4-5-7-11(10)14(15,16)17/h10-11,20H,3-9H2,1-2H3,(H,18,19). The average Bonchev–Trinajstić information content (AvgIpc) is 2.35. The lowest BCUT2D eigenvalue weighted by molar-refractivity contribution is -0.198. The monoisotopic (exact) mass is 295 g/mol. The zero-order valence-electron chi connectivity index (χ0n) is 12.1. The Balaban J connectivity index is 2.60. The van der Waals surface area contributed by atoms with Crippen molar-refractivity contribution in [2.75, 3.05) is 6.54 Å². The van der Waals surface area contributed by atoms with Crippen molar-refractivity contribution in [3.63, 3.8) is 0 Å². The molecule has 1 fully saturated rings. The molecule has 20 heavy (non-hydrogen) atoms. The minimum absolute atomic E-state index is 0.000745. The Morgan fingerprint density at radius 1 is 1.30 bits per heavy atom. The van der Waals surface area contributed by atoms with Gasteiger partial charge in [0, 0.05) is 12.5 Å². The number of aliphatic hydroxyl groups is 1. The van der Waals surface area contributed by atoms with Crippen LogP contribution in [0, 0.1) is 11.8 Å². The molecule has 0 aromatic rings. The fourth-order valence-corrected chi connectivity index (χ4v) is 2.87. The van der Waals surface area contributed by atoms with Crippen LogP contribution in [0.4, 0.5) is 13.2 Å². The maximum absolute atomic E-state index is 12.9. The Hall–Kier alpha value is -0.780. The maximum Gasteiger partial charge on any atom is 0.392 e. The van der Waals surface area contributed by atoms with Crippen molar-refractivity contribution in [2.45, 2.75) is 64.1 Å². The number of nitrogens with one attached hydrogen (secondary N) is 1. The summed E-state index contributed by atoms with van der Waals surface area (Å²) >= 11 is 0. The van der Waals surface area contributed by atoms with Crippen LogP contribution in [0.5, 0.6) is 0 Å². The molecule has 118 valence electrons. The third-order valence-electron chi connectivity index (χ3n) is 3.96. The van der Waals surface area contributed by atoms with Gasteiger partial charge in [0.15, 0.2) is 0 Å². The third-order valence-corrected chi connectivity index (χ3v) is 3.96. The van der Waals surface area contributed by atoms with Gasteiger partial charge in [0.05, 0.1) is 11.5 Å². The van der Waals surface area contributed by atoms with Gasteiger partial charge in [-0.3, -0.25) is 4.79 Å². The molecule has 0 radical (unpaired) electrons. The first-order valence-electron chi connectivity index (χ1n) is 7.24. The van der Waals surface area contributed by atoms with E-state index in [0.717, 1.165) is 6.42 Å². The summed E-state index contributed by atoms with van der Waals surface area (Å²) in [5.74, 6) is -3.14. The molecule has 0 spiro atoms. The van der Waals surface area contributed by atoms with Gasteiger partial charge in [-0.15, -0.1) is 0 Å². The van der Waals surface area contributed by atoms with E-state index in [0.29, 0.717) is 19.3 Å². The van der Waals surface area contributed by atoms with Crippen LogP contribution in [0.3, 0.4) is 0 Å². The fraction of sp³-hybridized carbons (Fsp3) is 0.929. The summed E-state index contributed by atoms with van der Waals surface area (Å²) in [6.45, 7) is 3.48. The van der Waals surface area contributed by atoms with Gasteiger partial charge in [-0.25, -0.2) is 0 Å². The molecule has 6 heteroatoms. The molecule has 1 aliphatic carbocycles. The summed E-state index contributed by atoms with van der Waals surface area (Å²) < 4.78 is 38.8. The zero-order chi connectivity index (χ0) is 15.4. The molecule has 1 amide bonds. The van der Waals surface area contributed by atoms with Gasteiger partial charge in [-0.1, -0.05) is 26.2 Å². The Labute approximate surface area is 117 Å². The molecule has 2 N–H and O–H groups in total. The molecule has 0 aliphatic heterocycles. The van der Waals surface area contributed by atoms with Crippen LogP contribution in [-0.4, -0.2) is 29.3 Å². The van der Waals surface area contributed by atoms with E-state index in [1.165, 1.54) is 0 Å². The zero-order valence-corrected chi connectivity index (χ0v) is 12.1. The SMILES string of the molecule is CCCC(C)(O)CNC(=O)C1CCCCC1C(F)(F)F. The molecule has 3 unspecified atom stereocenters. The molecule has 1 aliphatic rings. The van der Waals surface area contributed by atoms with Crippen LogP contribution >= 0.6 is 0 Å². The number of halogens is 3. The van der Waals surface area contributed by atoms with Crippen molar-refractivity contribution in [3.8, 4) is 0 Å². The van der Waals surface area contributed by atoms with Crippen molar-refractivity contribution in [1.29, 1.82) is 0 Å². The highest BCUT2D eigenvalue weighted by molar-refractivity contribution is 5.79. The van der Waals surface area contributed by atoms with Crippen LogP contribution in [0.2, 0.25) is 0 Å². The lowest BCUT2D eigenvalue weighted by Crippen LogP contribution is -2.47. The van der Waals surface area contributed by atoms with E-state index < -0.39 is 29.5 Å². The first-order valence-corrected chi connectivity index (χ1v) is 7.24. The molecule has 1 rings (SSSR count). The molecule has 3 nitrogen and oxygen atoms in total. The molecule has 0 aromatic carbocycles. The minimum atomic E-state index is -4.33. The Bertz CT molecular complexity index is 329. The van der Waals surface area contributed by atoms with Gasteiger partial charge in [0.1, 0.15) is 0 Å². The highest BCUT2D eigenvalue weighted by Crippen LogP contribution is 2.41. The molecule has 0 aromatic heterocycles. The molecule has 0 heterocycles. The van der Waals surface area contributed by atoms with E-state index in [2.05, 4.69) is 5.32 Å². The van der Waals surface area contributed by atoms with Crippen LogP contribution in [-0.2, 0) is 4.79 Å². The van der Waals surface area contributed by atoms with E-state index in [9.17, 15) is 23.1 Å². The second-order valence-corrected chi connectivity index (χ2v) is 6.00. The van der Waals surface area contributed by atoms with Crippen LogP contribution in [0.25, 0.3) is 0 Å². The predicted molar refractivity (Wildman–Crippen MR) is 70.0 cm³/mol. The number of hydrogen-bond donors (Lipinski definition) is 2. The third kappa shape index (κ3) is 4.96. The average molecular weight is 295 g/mol. The quantitative estimate of drug-likeness (QED) is 0.819. The van der Waals surface area contributed by atoms with Gasteiger partial charge in [-0.05, 0) is 26.2 Å². The first kappa shape index (κ1) is 17.3. The van der Waals surface area contributed by atoms with E-state index >= 15 is 0 Å². The first-order chi connectivity index (χ1) is 9.17. The molecule has 3 atom stereocenters. The largest absolute Gasteiger partial charge is 0.392 e. The summed E-state index contributed by atoms with van der Waals surface area (Å²) in [5, 5.41) is 12.4. The second kappa shape index (κ2) is 6.78. The molecule has 0 saturated heterocycles. The minimum Gasteiger partial charge on any atom is -0.388 e. The van der Waals surface area contributed by atoms with Gasteiger partial charge >= 0.3 is 6.18 Å². The maximum atomic E-state index is 12.9. The fourth-order valence-electron chi connectivity index (χ4n) is 2.87. The van der Waals surface area contributed by atoms with Crippen molar-refractivity contribution in [1.82, 2.24) is 5.32 Å². The van der Waals surface area contributed by atoms with E-state index in [4.69, 9.17) is 0 Å². The Morgan fingerprint density at radius 3 is 2.45 bits per heavy atom. The number of carbonyl (C=O) groups excluding carboxylic acids is 1. The smallest absolute Gasteiger partial charge is 0.388 e. The molecular weight excluding hydrogens is 271 g/mol. The topological polar surface area (TPSA) is 49.3 Å². The summed E-state index contributed by atoms with van der Waals surface area (Å²) in [4.78, 5) is 12.0. The Kier molecular flexibility index (Phi) is 5.86. The number of carbonyl (C=O) groups is 1. The highest BCUT2D eigenvalue weighted by atomic mass is 19.4. The number of alkyl halides is 3. The lowest BCUT2D eigenvalue weighted by Gasteiger charge is -2.33. The van der Waals surface area contributed by atoms with Crippen LogP contribution in [0.1, 0.15) is 52.4 Å². The summed E-state index contributed by atoms with van der Waals surface area (Å²) in [6.07, 6.45) is -1.62. The van der Waals surface area contributed by atoms with Gasteiger partial charge in [0.2, 0.25) is 5.91 Å². The number of hydrogen-bond acceptors (Lipinski definition) is 2. The van der Waals surface area contributed by atoms with Crippen molar-refractivity contribution >= 4 is 5.91 Å². The predicted octanol–water partition coefficient (Wildman–Crippen LogP) is 3.02. The van der Waals surface area contributed by atoms with E-state index in [1.54, 1.807) is 6.92 Å². The van der Waals surface area contributed by atoms with Crippen molar-refractivity contribution in [3.05, 3.63) is 0 Å². The van der Waals surface area contributed by atoms with Gasteiger partial charge < -0.3 is 10.4 Å². The van der Waals surface area contributed by atoms with Gasteiger partial charge in [-0.2, -0.15) is 13.2 Å². The molecule has 1 saturated carbocycles. The Morgan fingerprint density at radius 2 is 1.90 bits per heavy atom. The second-order valence-electron chi connectivity index (χ2n) is 6.00.